The highest BCUT2D eigenvalue weighted by Gasteiger charge is 2.26. The Morgan fingerprint density at radius 1 is 1.30 bits per heavy atom. The number of carbonyl (C=O) groups is 1. The summed E-state index contributed by atoms with van der Waals surface area (Å²) in [7, 11) is 0. The van der Waals surface area contributed by atoms with Crippen molar-refractivity contribution in [3.63, 3.8) is 0 Å². The van der Waals surface area contributed by atoms with Crippen molar-refractivity contribution in [2.45, 2.75) is 39.5 Å². The van der Waals surface area contributed by atoms with Crippen LogP contribution in [0.3, 0.4) is 0 Å². The molecule has 2 N–H and O–H groups in total. The standard InChI is InChI=1S/C18H27FN2O2/c1-3-18(4-2,13-22)12-20-17(23)14-7-8-16(15(19)11-14)21-9-5-6-10-21/h7-8,11,22H,3-6,9-10,12-13H2,1-2H3,(H,20,23). The van der Waals surface area contributed by atoms with Gasteiger partial charge in [-0.3, -0.25) is 4.79 Å². The first kappa shape index (κ1) is 17.7. The monoisotopic (exact) mass is 322 g/mol. The molecule has 1 fully saturated rings. The SMILES string of the molecule is CCC(CC)(CO)CNC(=O)c1ccc(N2CCCC2)c(F)c1. The molecule has 0 unspecified atom stereocenters. The summed E-state index contributed by atoms with van der Waals surface area (Å²) < 4.78 is 14.3. The first-order valence-electron chi connectivity index (χ1n) is 8.49. The fourth-order valence-corrected chi connectivity index (χ4v) is 3.01. The van der Waals surface area contributed by atoms with Crippen molar-refractivity contribution in [1.29, 1.82) is 0 Å². The molecule has 1 aromatic carbocycles. The molecule has 1 amide bonds. The van der Waals surface area contributed by atoms with Gasteiger partial charge in [-0.05, 0) is 43.9 Å². The molecule has 128 valence electrons. The Bertz CT molecular complexity index is 530. The summed E-state index contributed by atoms with van der Waals surface area (Å²) in [5, 5.41) is 12.4. The molecule has 0 atom stereocenters. The molecule has 0 spiro atoms. The zero-order chi connectivity index (χ0) is 16.9. The molecule has 0 saturated carbocycles. The van der Waals surface area contributed by atoms with Crippen LogP contribution in [-0.4, -0.2) is 37.3 Å². The molecule has 0 radical (unpaired) electrons. The first-order valence-corrected chi connectivity index (χ1v) is 8.49. The summed E-state index contributed by atoms with van der Waals surface area (Å²) in [4.78, 5) is 14.3. The third kappa shape index (κ3) is 4.02. The number of anilines is 1. The van der Waals surface area contributed by atoms with Crippen LogP contribution >= 0.6 is 0 Å². The van der Waals surface area contributed by atoms with E-state index in [2.05, 4.69) is 5.32 Å². The number of hydrogen-bond donors (Lipinski definition) is 2. The Labute approximate surface area is 137 Å². The van der Waals surface area contributed by atoms with Crippen molar-refractivity contribution in [3.05, 3.63) is 29.6 Å². The maximum absolute atomic E-state index is 14.3. The molecule has 4 nitrogen and oxygen atoms in total. The number of aliphatic hydroxyl groups is 1. The maximum atomic E-state index is 14.3. The Balaban J connectivity index is 2.03. The number of amides is 1. The van der Waals surface area contributed by atoms with Gasteiger partial charge >= 0.3 is 0 Å². The zero-order valence-corrected chi connectivity index (χ0v) is 14.1. The number of nitrogens with zero attached hydrogens (tertiary/aromatic N) is 1. The predicted octanol–water partition coefficient (Wildman–Crippen LogP) is 2.95. The van der Waals surface area contributed by atoms with E-state index in [1.54, 1.807) is 12.1 Å². The number of rotatable bonds is 7. The molecular formula is C18H27FN2O2. The van der Waals surface area contributed by atoms with Crippen LogP contribution in [0.2, 0.25) is 0 Å². The second-order valence-corrected chi connectivity index (χ2v) is 6.41. The molecule has 1 aliphatic rings. The van der Waals surface area contributed by atoms with E-state index in [1.807, 2.05) is 18.7 Å². The van der Waals surface area contributed by atoms with Crippen LogP contribution in [0.5, 0.6) is 0 Å². The van der Waals surface area contributed by atoms with E-state index >= 15 is 0 Å². The molecule has 2 rings (SSSR count). The van der Waals surface area contributed by atoms with Gasteiger partial charge < -0.3 is 15.3 Å². The average Bonchev–Trinajstić information content (AvgIpc) is 3.10. The van der Waals surface area contributed by atoms with Crippen molar-refractivity contribution >= 4 is 11.6 Å². The lowest BCUT2D eigenvalue weighted by molar-refractivity contribution is 0.0850. The van der Waals surface area contributed by atoms with Crippen LogP contribution in [0.25, 0.3) is 0 Å². The van der Waals surface area contributed by atoms with Gasteiger partial charge in [-0.15, -0.1) is 0 Å². The van der Waals surface area contributed by atoms with Crippen molar-refractivity contribution in [3.8, 4) is 0 Å². The van der Waals surface area contributed by atoms with Crippen molar-refractivity contribution in [1.82, 2.24) is 5.32 Å². The Morgan fingerprint density at radius 3 is 2.48 bits per heavy atom. The zero-order valence-electron chi connectivity index (χ0n) is 14.1. The smallest absolute Gasteiger partial charge is 0.251 e. The number of nitrogens with one attached hydrogen (secondary N) is 1. The van der Waals surface area contributed by atoms with Gasteiger partial charge in [0.1, 0.15) is 5.82 Å². The molecule has 1 aromatic rings. The normalized spacial score (nSPS) is 15.0. The minimum absolute atomic E-state index is 0.0303. The largest absolute Gasteiger partial charge is 0.396 e. The molecule has 1 heterocycles. The lowest BCUT2D eigenvalue weighted by Crippen LogP contribution is -2.39. The average molecular weight is 322 g/mol. The van der Waals surface area contributed by atoms with Crippen LogP contribution in [0.1, 0.15) is 49.9 Å². The molecule has 0 aliphatic carbocycles. The molecule has 5 heteroatoms. The van der Waals surface area contributed by atoms with Gasteiger partial charge in [-0.2, -0.15) is 0 Å². The summed E-state index contributed by atoms with van der Waals surface area (Å²) in [6.07, 6.45) is 3.73. The van der Waals surface area contributed by atoms with E-state index < -0.39 is 0 Å². The Hall–Kier alpha value is -1.62. The predicted molar refractivity (Wildman–Crippen MR) is 90.3 cm³/mol. The number of aliphatic hydroxyl groups excluding tert-OH is 1. The third-order valence-corrected chi connectivity index (χ3v) is 5.12. The first-order chi connectivity index (χ1) is 11.0. The Morgan fingerprint density at radius 2 is 1.96 bits per heavy atom. The number of halogens is 1. The second kappa shape index (κ2) is 7.77. The molecule has 0 bridgehead atoms. The quantitative estimate of drug-likeness (QED) is 0.811. The van der Waals surface area contributed by atoms with Crippen molar-refractivity contribution in [2.24, 2.45) is 5.41 Å². The lowest BCUT2D eigenvalue weighted by atomic mass is 9.83. The summed E-state index contributed by atoms with van der Waals surface area (Å²) in [6, 6.07) is 4.67. The highest BCUT2D eigenvalue weighted by atomic mass is 19.1. The van der Waals surface area contributed by atoms with E-state index in [4.69, 9.17) is 0 Å². The molecule has 0 aromatic heterocycles. The topological polar surface area (TPSA) is 52.6 Å². The Kier molecular flexibility index (Phi) is 5.99. The fraction of sp³-hybridized carbons (Fsp3) is 0.611. The third-order valence-electron chi connectivity index (χ3n) is 5.12. The van der Waals surface area contributed by atoms with Crippen molar-refractivity contribution < 1.29 is 14.3 Å². The minimum atomic E-state index is -0.348. The van der Waals surface area contributed by atoms with E-state index in [0.717, 1.165) is 38.8 Å². The maximum Gasteiger partial charge on any atom is 0.251 e. The lowest BCUT2D eigenvalue weighted by Gasteiger charge is -2.29. The van der Waals surface area contributed by atoms with Gasteiger partial charge in [-0.1, -0.05) is 13.8 Å². The van der Waals surface area contributed by atoms with Gasteiger partial charge in [0.25, 0.3) is 5.91 Å². The molecule has 23 heavy (non-hydrogen) atoms. The van der Waals surface area contributed by atoms with Gasteiger partial charge in [0, 0.05) is 30.6 Å². The summed E-state index contributed by atoms with van der Waals surface area (Å²) in [6.45, 7) is 6.16. The van der Waals surface area contributed by atoms with Crippen LogP contribution in [0, 0.1) is 11.2 Å². The van der Waals surface area contributed by atoms with Gasteiger partial charge in [0.2, 0.25) is 0 Å². The highest BCUT2D eigenvalue weighted by molar-refractivity contribution is 5.94. The van der Waals surface area contributed by atoms with Crippen LogP contribution in [0.15, 0.2) is 18.2 Å². The van der Waals surface area contributed by atoms with E-state index in [9.17, 15) is 14.3 Å². The minimum Gasteiger partial charge on any atom is -0.396 e. The van der Waals surface area contributed by atoms with Gasteiger partial charge in [0.05, 0.1) is 12.3 Å². The molecular weight excluding hydrogens is 295 g/mol. The fourth-order valence-electron chi connectivity index (χ4n) is 3.01. The summed E-state index contributed by atoms with van der Waals surface area (Å²) >= 11 is 0. The molecule has 1 saturated heterocycles. The van der Waals surface area contributed by atoms with E-state index in [0.29, 0.717) is 17.8 Å². The number of hydrogen-bond acceptors (Lipinski definition) is 3. The van der Waals surface area contributed by atoms with Gasteiger partial charge in [0.15, 0.2) is 0 Å². The second-order valence-electron chi connectivity index (χ2n) is 6.41. The van der Waals surface area contributed by atoms with Crippen LogP contribution in [-0.2, 0) is 0 Å². The van der Waals surface area contributed by atoms with Crippen LogP contribution in [0.4, 0.5) is 10.1 Å². The van der Waals surface area contributed by atoms with E-state index in [-0.39, 0.29) is 23.7 Å². The summed E-state index contributed by atoms with van der Waals surface area (Å²) in [5.41, 5.74) is 0.597. The highest BCUT2D eigenvalue weighted by Crippen LogP contribution is 2.26. The van der Waals surface area contributed by atoms with E-state index in [1.165, 1.54) is 6.07 Å². The van der Waals surface area contributed by atoms with Crippen molar-refractivity contribution in [2.75, 3.05) is 31.1 Å². The van der Waals surface area contributed by atoms with Gasteiger partial charge in [-0.25, -0.2) is 4.39 Å². The molecule has 1 aliphatic heterocycles. The number of carbonyl (C=O) groups excluding carboxylic acids is 1. The van der Waals surface area contributed by atoms with Crippen LogP contribution < -0.4 is 10.2 Å². The number of benzene rings is 1. The summed E-state index contributed by atoms with van der Waals surface area (Å²) in [5.74, 6) is -0.643.